The van der Waals surface area contributed by atoms with Gasteiger partial charge in [-0.2, -0.15) is 13.2 Å². The van der Waals surface area contributed by atoms with Crippen LogP contribution in [0.1, 0.15) is 26.7 Å². The lowest BCUT2D eigenvalue weighted by Crippen LogP contribution is -2.43. The maximum absolute atomic E-state index is 12.2. The van der Waals surface area contributed by atoms with Crippen LogP contribution in [0.2, 0.25) is 0 Å². The van der Waals surface area contributed by atoms with Crippen LogP contribution in [0, 0.1) is 5.92 Å². The third-order valence-electron chi connectivity index (χ3n) is 3.55. The predicted octanol–water partition coefficient (Wildman–Crippen LogP) is 1.51. The lowest BCUT2D eigenvalue weighted by Gasteiger charge is -2.27. The van der Waals surface area contributed by atoms with Crippen LogP contribution < -0.4 is 5.32 Å². The summed E-state index contributed by atoms with van der Waals surface area (Å²) in [5.41, 5.74) is -0.432. The molecule has 2 fully saturated rings. The van der Waals surface area contributed by atoms with Crippen LogP contribution in [0.4, 0.5) is 13.2 Å². The summed E-state index contributed by atoms with van der Waals surface area (Å²) in [5, 5.41) is 3.30. The van der Waals surface area contributed by atoms with Gasteiger partial charge >= 0.3 is 6.18 Å². The van der Waals surface area contributed by atoms with E-state index in [1.54, 1.807) is 4.90 Å². The minimum atomic E-state index is -4.32. The van der Waals surface area contributed by atoms with Crippen molar-refractivity contribution in [2.45, 2.75) is 44.6 Å². The van der Waals surface area contributed by atoms with Crippen molar-refractivity contribution in [3.8, 4) is 0 Å². The molecule has 1 saturated carbocycles. The lowest BCUT2D eigenvalue weighted by molar-refractivity contribution is -0.175. The zero-order valence-electron chi connectivity index (χ0n) is 11.1. The molecule has 0 aromatic heterocycles. The van der Waals surface area contributed by atoms with Gasteiger partial charge in [0, 0.05) is 6.54 Å². The number of nitrogens with zero attached hydrogens (tertiary/aromatic N) is 1. The molecule has 19 heavy (non-hydrogen) atoms. The molecule has 110 valence electrons. The maximum Gasteiger partial charge on any atom is 0.411 e. The molecule has 1 N–H and O–H groups in total. The molecule has 7 heteroatoms. The number of halogens is 3. The van der Waals surface area contributed by atoms with Gasteiger partial charge in [0.15, 0.2) is 0 Å². The molecule has 0 bridgehead atoms. The van der Waals surface area contributed by atoms with E-state index in [9.17, 15) is 18.0 Å². The van der Waals surface area contributed by atoms with Gasteiger partial charge in [-0.25, -0.2) is 0 Å². The Morgan fingerprint density at radius 1 is 1.47 bits per heavy atom. The molecule has 2 aliphatic rings. The summed E-state index contributed by atoms with van der Waals surface area (Å²) in [4.78, 5) is 13.8. The Kier molecular flexibility index (Phi) is 3.79. The number of hydrogen-bond donors (Lipinski definition) is 1. The first-order chi connectivity index (χ1) is 8.75. The van der Waals surface area contributed by atoms with E-state index < -0.39 is 18.3 Å². The standard InChI is InChI=1S/C12H19F3N2O2/c1-8(2)9-16-11(3-4-11)10(18)17(9)5-6-19-7-12(13,14)15/h8-9,16H,3-7H2,1-2H3. The third kappa shape index (κ3) is 3.20. The molecule has 4 nitrogen and oxygen atoms in total. The Balaban J connectivity index is 1.85. The Morgan fingerprint density at radius 2 is 2.11 bits per heavy atom. The highest BCUT2D eigenvalue weighted by Crippen LogP contribution is 2.43. The minimum Gasteiger partial charge on any atom is -0.370 e. The van der Waals surface area contributed by atoms with Gasteiger partial charge in [-0.15, -0.1) is 0 Å². The second-order valence-electron chi connectivity index (χ2n) is 5.58. The van der Waals surface area contributed by atoms with Gasteiger partial charge < -0.3 is 9.64 Å². The number of carbonyl (C=O) groups excluding carboxylic acids is 1. The normalized spacial score (nSPS) is 25.7. The molecule has 1 saturated heterocycles. The zero-order chi connectivity index (χ0) is 14.3. The fraction of sp³-hybridized carbons (Fsp3) is 0.917. The molecule has 1 atom stereocenters. The van der Waals surface area contributed by atoms with Crippen molar-refractivity contribution in [3.63, 3.8) is 0 Å². The first kappa shape index (κ1) is 14.6. The Morgan fingerprint density at radius 3 is 2.58 bits per heavy atom. The second kappa shape index (κ2) is 4.94. The minimum absolute atomic E-state index is 0.00167. The number of ether oxygens (including phenoxy) is 1. The average Bonchev–Trinajstić information content (AvgIpc) is 2.99. The molecular formula is C12H19F3N2O2. The SMILES string of the molecule is CC(C)C1NC2(CC2)C(=O)N1CCOCC(F)(F)F. The van der Waals surface area contributed by atoms with E-state index in [1.807, 2.05) is 13.8 Å². The van der Waals surface area contributed by atoms with E-state index in [-0.39, 0.29) is 31.1 Å². The fourth-order valence-electron chi connectivity index (χ4n) is 2.43. The van der Waals surface area contributed by atoms with Gasteiger partial charge in [-0.3, -0.25) is 10.1 Å². The summed E-state index contributed by atoms with van der Waals surface area (Å²) in [6.45, 7) is 2.81. The third-order valence-corrected chi connectivity index (χ3v) is 3.55. The van der Waals surface area contributed by atoms with Gasteiger partial charge in [-0.1, -0.05) is 13.8 Å². The van der Waals surface area contributed by atoms with Gasteiger partial charge in [0.1, 0.15) is 6.61 Å². The summed E-state index contributed by atoms with van der Waals surface area (Å²) in [7, 11) is 0. The maximum atomic E-state index is 12.2. The highest BCUT2D eigenvalue weighted by atomic mass is 19.4. The Hall–Kier alpha value is -0.820. The van der Waals surface area contributed by atoms with Crippen molar-refractivity contribution in [1.82, 2.24) is 10.2 Å². The van der Waals surface area contributed by atoms with E-state index in [2.05, 4.69) is 10.1 Å². The highest BCUT2D eigenvalue weighted by Gasteiger charge is 2.59. The fourth-order valence-corrected chi connectivity index (χ4v) is 2.43. The zero-order valence-corrected chi connectivity index (χ0v) is 11.1. The van der Waals surface area contributed by atoms with Gasteiger partial charge in [0.2, 0.25) is 5.91 Å². The number of carbonyl (C=O) groups is 1. The summed E-state index contributed by atoms with van der Waals surface area (Å²) in [6, 6.07) is 0. The van der Waals surface area contributed by atoms with Crippen LogP contribution in [-0.2, 0) is 9.53 Å². The van der Waals surface area contributed by atoms with Crippen molar-refractivity contribution in [2.24, 2.45) is 5.92 Å². The van der Waals surface area contributed by atoms with Crippen LogP contribution in [0.3, 0.4) is 0 Å². The first-order valence-electron chi connectivity index (χ1n) is 6.48. The number of hydrogen-bond acceptors (Lipinski definition) is 3. The summed E-state index contributed by atoms with van der Waals surface area (Å²) in [5.74, 6) is 0.216. The topological polar surface area (TPSA) is 41.6 Å². The number of amides is 1. The summed E-state index contributed by atoms with van der Waals surface area (Å²) >= 11 is 0. The molecule has 1 aliphatic carbocycles. The molecule has 1 unspecified atom stereocenters. The largest absolute Gasteiger partial charge is 0.411 e. The number of nitrogens with one attached hydrogen (secondary N) is 1. The molecule has 1 spiro atoms. The van der Waals surface area contributed by atoms with Crippen molar-refractivity contribution in [3.05, 3.63) is 0 Å². The molecular weight excluding hydrogens is 261 g/mol. The molecule has 0 aromatic carbocycles. The van der Waals surface area contributed by atoms with Crippen LogP contribution in [0.15, 0.2) is 0 Å². The molecule has 2 rings (SSSR count). The van der Waals surface area contributed by atoms with Crippen LogP contribution in [-0.4, -0.2) is 48.4 Å². The van der Waals surface area contributed by atoms with Crippen molar-refractivity contribution >= 4 is 5.91 Å². The highest BCUT2D eigenvalue weighted by molar-refractivity contribution is 5.91. The van der Waals surface area contributed by atoms with E-state index in [1.165, 1.54) is 0 Å². The monoisotopic (exact) mass is 280 g/mol. The van der Waals surface area contributed by atoms with E-state index >= 15 is 0 Å². The summed E-state index contributed by atoms with van der Waals surface area (Å²) < 4.78 is 40.4. The van der Waals surface area contributed by atoms with Crippen molar-refractivity contribution < 1.29 is 22.7 Å². The molecule has 1 heterocycles. The van der Waals surface area contributed by atoms with Gasteiger partial charge in [0.05, 0.1) is 18.3 Å². The van der Waals surface area contributed by atoms with Gasteiger partial charge in [0.25, 0.3) is 0 Å². The molecule has 1 amide bonds. The smallest absolute Gasteiger partial charge is 0.370 e. The van der Waals surface area contributed by atoms with Crippen molar-refractivity contribution in [1.29, 1.82) is 0 Å². The van der Waals surface area contributed by atoms with Crippen LogP contribution in [0.5, 0.6) is 0 Å². The van der Waals surface area contributed by atoms with E-state index in [4.69, 9.17) is 0 Å². The Labute approximate surface area is 110 Å². The van der Waals surface area contributed by atoms with Crippen LogP contribution in [0.25, 0.3) is 0 Å². The lowest BCUT2D eigenvalue weighted by atomic mass is 10.1. The average molecular weight is 280 g/mol. The molecule has 0 aromatic rings. The molecule has 0 radical (unpaired) electrons. The predicted molar refractivity (Wildman–Crippen MR) is 62.3 cm³/mol. The quantitative estimate of drug-likeness (QED) is 0.776. The second-order valence-corrected chi connectivity index (χ2v) is 5.58. The van der Waals surface area contributed by atoms with Crippen LogP contribution >= 0.6 is 0 Å². The first-order valence-corrected chi connectivity index (χ1v) is 6.48. The summed E-state index contributed by atoms with van der Waals surface area (Å²) in [6.07, 6.45) is -2.80. The van der Waals surface area contributed by atoms with Gasteiger partial charge in [-0.05, 0) is 18.8 Å². The molecule has 1 aliphatic heterocycles. The number of alkyl halides is 3. The van der Waals surface area contributed by atoms with E-state index in [0.717, 1.165) is 12.8 Å². The number of rotatable bonds is 5. The van der Waals surface area contributed by atoms with Crippen molar-refractivity contribution in [2.75, 3.05) is 19.8 Å². The van der Waals surface area contributed by atoms with E-state index in [0.29, 0.717) is 0 Å². The Bertz CT molecular complexity index is 353.